The van der Waals surface area contributed by atoms with Crippen LogP contribution in [0, 0.1) is 0 Å². The maximum absolute atomic E-state index is 5.85. The molecular weight excluding hydrogens is 302 g/mol. The van der Waals surface area contributed by atoms with Gasteiger partial charge in [0.2, 0.25) is 0 Å². The van der Waals surface area contributed by atoms with Crippen molar-refractivity contribution >= 4 is 21.6 Å². The molecule has 0 bridgehead atoms. The number of ether oxygens (including phenoxy) is 1. The van der Waals surface area contributed by atoms with Crippen molar-refractivity contribution in [2.24, 2.45) is 0 Å². The largest absolute Gasteiger partial charge is 0.489 e. The Balaban J connectivity index is 1.88. The predicted octanol–water partition coefficient (Wildman–Crippen LogP) is 4.56. The summed E-state index contributed by atoms with van der Waals surface area (Å²) in [6.45, 7) is 2.83. The Morgan fingerprint density at radius 2 is 2.16 bits per heavy atom. The third kappa shape index (κ3) is 2.61. The number of fused-ring (bicyclic) bond motifs is 1. The molecule has 19 heavy (non-hydrogen) atoms. The van der Waals surface area contributed by atoms with Gasteiger partial charge in [-0.05, 0) is 41.8 Å². The molecule has 0 fully saturated rings. The van der Waals surface area contributed by atoms with Crippen molar-refractivity contribution in [1.29, 1.82) is 0 Å². The van der Waals surface area contributed by atoms with Crippen LogP contribution in [0.4, 0.5) is 5.69 Å². The quantitative estimate of drug-likeness (QED) is 0.876. The fourth-order valence-corrected chi connectivity index (χ4v) is 2.76. The lowest BCUT2D eigenvalue weighted by molar-refractivity contribution is 0.286. The van der Waals surface area contributed by atoms with E-state index in [2.05, 4.69) is 64.6 Å². The first kappa shape index (κ1) is 12.5. The van der Waals surface area contributed by atoms with Crippen LogP contribution < -0.4 is 10.1 Å². The molecule has 2 nitrogen and oxygen atoms in total. The SMILES string of the molecule is CCc1ccc2c(c1)NC(c1cccc(Br)c1)CO2. The smallest absolute Gasteiger partial charge is 0.142 e. The van der Waals surface area contributed by atoms with Gasteiger partial charge in [-0.3, -0.25) is 0 Å². The lowest BCUT2D eigenvalue weighted by atomic mass is 10.0. The van der Waals surface area contributed by atoms with Crippen molar-refractivity contribution < 1.29 is 4.74 Å². The molecule has 0 amide bonds. The highest BCUT2D eigenvalue weighted by Crippen LogP contribution is 2.35. The molecule has 3 rings (SSSR count). The minimum absolute atomic E-state index is 0.206. The Hall–Kier alpha value is -1.48. The first-order valence-corrected chi connectivity index (χ1v) is 7.33. The number of rotatable bonds is 2. The number of nitrogens with one attached hydrogen (secondary N) is 1. The zero-order chi connectivity index (χ0) is 13.2. The van der Waals surface area contributed by atoms with E-state index < -0.39 is 0 Å². The van der Waals surface area contributed by atoms with Crippen molar-refractivity contribution in [1.82, 2.24) is 0 Å². The molecule has 0 aromatic heterocycles. The maximum Gasteiger partial charge on any atom is 0.142 e. The van der Waals surface area contributed by atoms with Crippen LogP contribution in [-0.2, 0) is 6.42 Å². The number of anilines is 1. The van der Waals surface area contributed by atoms with E-state index in [1.807, 2.05) is 6.07 Å². The van der Waals surface area contributed by atoms with Crippen molar-refractivity contribution in [2.75, 3.05) is 11.9 Å². The van der Waals surface area contributed by atoms with E-state index in [1.54, 1.807) is 0 Å². The second kappa shape index (κ2) is 5.25. The van der Waals surface area contributed by atoms with Gasteiger partial charge < -0.3 is 10.1 Å². The molecule has 2 aromatic rings. The van der Waals surface area contributed by atoms with E-state index in [0.29, 0.717) is 6.61 Å². The van der Waals surface area contributed by atoms with Gasteiger partial charge in [0.25, 0.3) is 0 Å². The van der Waals surface area contributed by atoms with E-state index in [-0.39, 0.29) is 6.04 Å². The van der Waals surface area contributed by atoms with Crippen molar-refractivity contribution in [3.63, 3.8) is 0 Å². The van der Waals surface area contributed by atoms with Gasteiger partial charge >= 0.3 is 0 Å². The van der Waals surface area contributed by atoms with Crippen LogP contribution in [-0.4, -0.2) is 6.61 Å². The molecule has 1 unspecified atom stereocenters. The summed E-state index contributed by atoms with van der Waals surface area (Å²) >= 11 is 3.51. The summed E-state index contributed by atoms with van der Waals surface area (Å²) in [6.07, 6.45) is 1.04. The third-order valence-electron chi connectivity index (χ3n) is 3.44. The molecule has 1 N–H and O–H groups in total. The number of benzene rings is 2. The molecule has 0 saturated heterocycles. The molecule has 3 heteroatoms. The topological polar surface area (TPSA) is 21.3 Å². The van der Waals surface area contributed by atoms with E-state index in [0.717, 1.165) is 22.3 Å². The molecule has 1 aliphatic rings. The van der Waals surface area contributed by atoms with E-state index >= 15 is 0 Å². The summed E-state index contributed by atoms with van der Waals surface area (Å²) in [5.74, 6) is 0.948. The second-order valence-electron chi connectivity index (χ2n) is 4.75. The molecular formula is C16H16BrNO. The summed E-state index contributed by atoms with van der Waals surface area (Å²) in [7, 11) is 0. The Labute approximate surface area is 121 Å². The zero-order valence-electron chi connectivity index (χ0n) is 10.8. The molecule has 98 valence electrons. The van der Waals surface area contributed by atoms with Gasteiger partial charge in [-0.15, -0.1) is 0 Å². The Morgan fingerprint density at radius 1 is 1.26 bits per heavy atom. The normalized spacial score (nSPS) is 17.3. The number of hydrogen-bond acceptors (Lipinski definition) is 2. The van der Waals surface area contributed by atoms with E-state index in [4.69, 9.17) is 4.74 Å². The summed E-state index contributed by atoms with van der Waals surface area (Å²) < 4.78 is 6.95. The van der Waals surface area contributed by atoms with Crippen LogP contribution in [0.3, 0.4) is 0 Å². The number of aryl methyl sites for hydroxylation is 1. The molecule has 0 spiro atoms. The minimum atomic E-state index is 0.206. The first-order valence-electron chi connectivity index (χ1n) is 6.54. The standard InChI is InChI=1S/C16H16BrNO/c1-2-11-6-7-16-14(8-11)18-15(10-19-16)12-4-3-5-13(17)9-12/h3-9,15,18H,2,10H2,1H3. The monoisotopic (exact) mass is 317 g/mol. The van der Waals surface area contributed by atoms with Gasteiger partial charge in [0.1, 0.15) is 12.4 Å². The van der Waals surface area contributed by atoms with Gasteiger partial charge in [0.15, 0.2) is 0 Å². The molecule has 1 atom stereocenters. The highest BCUT2D eigenvalue weighted by Gasteiger charge is 2.20. The van der Waals surface area contributed by atoms with Crippen LogP contribution in [0.1, 0.15) is 24.1 Å². The summed E-state index contributed by atoms with van der Waals surface area (Å²) in [6, 6.07) is 14.9. The average Bonchev–Trinajstić information content (AvgIpc) is 2.46. The van der Waals surface area contributed by atoms with Crippen LogP contribution in [0.2, 0.25) is 0 Å². The highest BCUT2D eigenvalue weighted by molar-refractivity contribution is 9.10. The Bertz CT molecular complexity index is 597. The number of hydrogen-bond donors (Lipinski definition) is 1. The molecule has 2 aromatic carbocycles. The van der Waals surface area contributed by atoms with Crippen molar-refractivity contribution in [3.8, 4) is 5.75 Å². The van der Waals surface area contributed by atoms with Crippen molar-refractivity contribution in [3.05, 3.63) is 58.1 Å². The highest BCUT2D eigenvalue weighted by atomic mass is 79.9. The van der Waals surface area contributed by atoms with Crippen molar-refractivity contribution in [2.45, 2.75) is 19.4 Å². The van der Waals surface area contributed by atoms with Gasteiger partial charge in [0, 0.05) is 4.47 Å². The molecule has 1 aliphatic heterocycles. The average molecular weight is 318 g/mol. The lowest BCUT2D eigenvalue weighted by Gasteiger charge is -2.28. The Morgan fingerprint density at radius 3 is 2.95 bits per heavy atom. The predicted molar refractivity (Wildman–Crippen MR) is 81.8 cm³/mol. The maximum atomic E-state index is 5.85. The molecule has 0 aliphatic carbocycles. The summed E-state index contributed by atoms with van der Waals surface area (Å²) in [5.41, 5.74) is 3.65. The van der Waals surface area contributed by atoms with Gasteiger partial charge in [0.05, 0.1) is 11.7 Å². The summed E-state index contributed by atoms with van der Waals surface area (Å²) in [4.78, 5) is 0. The van der Waals surface area contributed by atoms with E-state index in [9.17, 15) is 0 Å². The van der Waals surface area contributed by atoms with Crippen LogP contribution in [0.15, 0.2) is 46.9 Å². The fraction of sp³-hybridized carbons (Fsp3) is 0.250. The minimum Gasteiger partial charge on any atom is -0.489 e. The van der Waals surface area contributed by atoms with Crippen LogP contribution in [0.5, 0.6) is 5.75 Å². The Kier molecular flexibility index (Phi) is 3.47. The second-order valence-corrected chi connectivity index (χ2v) is 5.66. The van der Waals surface area contributed by atoms with Gasteiger partial charge in [-0.1, -0.05) is 41.1 Å². The van der Waals surface area contributed by atoms with E-state index in [1.165, 1.54) is 11.1 Å². The van der Waals surface area contributed by atoms with Crippen LogP contribution in [0.25, 0.3) is 0 Å². The molecule has 0 radical (unpaired) electrons. The third-order valence-corrected chi connectivity index (χ3v) is 3.93. The molecule has 1 heterocycles. The summed E-state index contributed by atoms with van der Waals surface area (Å²) in [5, 5.41) is 3.57. The molecule has 0 saturated carbocycles. The number of halogens is 1. The van der Waals surface area contributed by atoms with Gasteiger partial charge in [-0.25, -0.2) is 0 Å². The lowest BCUT2D eigenvalue weighted by Crippen LogP contribution is -2.24. The zero-order valence-corrected chi connectivity index (χ0v) is 12.4. The first-order chi connectivity index (χ1) is 9.26. The fourth-order valence-electron chi connectivity index (χ4n) is 2.34. The van der Waals surface area contributed by atoms with Gasteiger partial charge in [-0.2, -0.15) is 0 Å². The van der Waals surface area contributed by atoms with Crippen LogP contribution >= 0.6 is 15.9 Å².